The number of carbonyl (C=O) groups is 1. The average molecular weight is 340 g/mol. The van der Waals surface area contributed by atoms with E-state index in [0.29, 0.717) is 18.0 Å². The molecule has 4 N–H and O–H groups in total. The lowest BCUT2D eigenvalue weighted by atomic mass is 9.87. The fourth-order valence-corrected chi connectivity index (χ4v) is 3.58. The minimum atomic E-state index is -0.400. The topological polar surface area (TPSA) is 86.8 Å². The minimum absolute atomic E-state index is 0.174. The minimum Gasteiger partial charge on any atom is -0.504 e. The first kappa shape index (κ1) is 17.5. The molecule has 0 amide bonds. The number of carbonyl (C=O) groups excluding carboxylic acids is 1. The second-order valence-electron chi connectivity index (χ2n) is 6.59. The van der Waals surface area contributed by atoms with Crippen molar-refractivity contribution in [1.82, 2.24) is 4.90 Å². The predicted molar refractivity (Wildman–Crippen MR) is 96.5 cm³/mol. The van der Waals surface area contributed by atoms with Crippen molar-refractivity contribution in [1.29, 1.82) is 0 Å². The fraction of sp³-hybridized carbons (Fsp3) is 0.350. The fourth-order valence-electron chi connectivity index (χ4n) is 3.58. The Morgan fingerprint density at radius 2 is 1.88 bits per heavy atom. The Bertz CT molecular complexity index is 739. The molecule has 132 valence electrons. The number of aldehydes is 1. The number of phenols is 2. The quantitative estimate of drug-likeness (QED) is 0.575. The van der Waals surface area contributed by atoms with Crippen molar-refractivity contribution in [2.24, 2.45) is 5.73 Å². The summed E-state index contributed by atoms with van der Waals surface area (Å²) >= 11 is 0. The van der Waals surface area contributed by atoms with E-state index in [1.54, 1.807) is 6.07 Å². The van der Waals surface area contributed by atoms with Crippen LogP contribution in [0.1, 0.15) is 41.5 Å². The zero-order valence-corrected chi connectivity index (χ0v) is 14.1. The van der Waals surface area contributed by atoms with Crippen LogP contribution in [-0.4, -0.2) is 34.5 Å². The van der Waals surface area contributed by atoms with Gasteiger partial charge in [0.05, 0.1) is 6.04 Å². The lowest BCUT2D eigenvalue weighted by Crippen LogP contribution is -2.36. The maximum absolute atomic E-state index is 11.6. The summed E-state index contributed by atoms with van der Waals surface area (Å²) in [5.41, 5.74) is 8.89. The highest BCUT2D eigenvalue weighted by molar-refractivity contribution is 5.62. The molecule has 1 aliphatic rings. The van der Waals surface area contributed by atoms with Gasteiger partial charge in [-0.25, -0.2) is 0 Å². The molecule has 0 aromatic heterocycles. The van der Waals surface area contributed by atoms with Gasteiger partial charge in [0, 0.05) is 6.54 Å². The van der Waals surface area contributed by atoms with E-state index in [2.05, 4.69) is 23.1 Å². The molecule has 3 rings (SSSR count). The molecule has 5 nitrogen and oxygen atoms in total. The Morgan fingerprint density at radius 1 is 1.12 bits per heavy atom. The summed E-state index contributed by atoms with van der Waals surface area (Å²) in [4.78, 5) is 13.8. The van der Waals surface area contributed by atoms with Crippen LogP contribution in [0.25, 0.3) is 0 Å². The van der Waals surface area contributed by atoms with Gasteiger partial charge >= 0.3 is 0 Å². The van der Waals surface area contributed by atoms with Crippen LogP contribution in [0.2, 0.25) is 0 Å². The van der Waals surface area contributed by atoms with Gasteiger partial charge in [-0.15, -0.1) is 0 Å². The van der Waals surface area contributed by atoms with Crippen molar-refractivity contribution in [3.63, 3.8) is 0 Å². The summed E-state index contributed by atoms with van der Waals surface area (Å²) in [5.74, 6) is 0.105. The number of hydrogen-bond donors (Lipinski definition) is 3. The first-order valence-corrected chi connectivity index (χ1v) is 8.62. The smallest absolute Gasteiger partial charge is 0.157 e. The first-order chi connectivity index (χ1) is 12.1. The SMILES string of the molecule is NCc1cccc(C2CCN(C(C=O)c3ccc(O)c(O)c3)CC2)c1. The van der Waals surface area contributed by atoms with Crippen LogP contribution in [0, 0.1) is 0 Å². The largest absolute Gasteiger partial charge is 0.504 e. The van der Waals surface area contributed by atoms with E-state index in [9.17, 15) is 15.0 Å². The molecular formula is C20H24N2O3. The third kappa shape index (κ3) is 3.83. The van der Waals surface area contributed by atoms with E-state index in [4.69, 9.17) is 5.73 Å². The number of nitrogens with zero attached hydrogens (tertiary/aromatic N) is 1. The zero-order valence-electron chi connectivity index (χ0n) is 14.1. The molecule has 2 aromatic carbocycles. The molecule has 0 spiro atoms. The second-order valence-corrected chi connectivity index (χ2v) is 6.59. The van der Waals surface area contributed by atoms with Crippen LogP contribution in [0.15, 0.2) is 42.5 Å². The van der Waals surface area contributed by atoms with Crippen molar-refractivity contribution in [2.75, 3.05) is 13.1 Å². The van der Waals surface area contributed by atoms with Crippen molar-refractivity contribution in [2.45, 2.75) is 31.3 Å². The summed E-state index contributed by atoms with van der Waals surface area (Å²) in [6, 6.07) is 12.6. The van der Waals surface area contributed by atoms with Gasteiger partial charge < -0.3 is 20.7 Å². The van der Waals surface area contributed by atoms with Gasteiger partial charge in [0.1, 0.15) is 6.29 Å². The predicted octanol–water partition coefficient (Wildman–Crippen LogP) is 2.68. The highest BCUT2D eigenvalue weighted by Gasteiger charge is 2.27. The summed E-state index contributed by atoms with van der Waals surface area (Å²) in [5, 5.41) is 19.1. The van der Waals surface area contributed by atoms with Crippen LogP contribution in [0.3, 0.4) is 0 Å². The van der Waals surface area contributed by atoms with E-state index in [-0.39, 0.29) is 11.5 Å². The van der Waals surface area contributed by atoms with E-state index < -0.39 is 6.04 Å². The Balaban J connectivity index is 1.69. The lowest BCUT2D eigenvalue weighted by molar-refractivity contribution is -0.113. The molecule has 0 saturated carbocycles. The number of benzene rings is 2. The van der Waals surface area contributed by atoms with Crippen LogP contribution in [-0.2, 0) is 11.3 Å². The number of rotatable bonds is 5. The Hall–Kier alpha value is -2.37. The van der Waals surface area contributed by atoms with Crippen LogP contribution in [0.4, 0.5) is 0 Å². The highest BCUT2D eigenvalue weighted by Crippen LogP contribution is 2.34. The molecule has 1 fully saturated rings. The highest BCUT2D eigenvalue weighted by atomic mass is 16.3. The Kier molecular flexibility index (Phi) is 5.36. The average Bonchev–Trinajstić information content (AvgIpc) is 2.66. The number of nitrogens with two attached hydrogens (primary N) is 1. The number of phenolic OH excluding ortho intramolecular Hbond substituents is 2. The van der Waals surface area contributed by atoms with Crippen molar-refractivity contribution in [3.8, 4) is 11.5 Å². The molecule has 5 heteroatoms. The van der Waals surface area contributed by atoms with Crippen LogP contribution in [0.5, 0.6) is 11.5 Å². The standard InChI is InChI=1S/C20H24N2O3/c21-12-14-2-1-3-16(10-14)15-6-8-22(9-7-15)18(13-23)17-4-5-19(24)20(25)11-17/h1-5,10-11,13,15,18,24-25H,6-9,12,21H2. The third-order valence-corrected chi connectivity index (χ3v) is 5.05. The maximum Gasteiger partial charge on any atom is 0.157 e. The van der Waals surface area contributed by atoms with Gasteiger partial charge in [0.2, 0.25) is 0 Å². The third-order valence-electron chi connectivity index (χ3n) is 5.05. The monoisotopic (exact) mass is 340 g/mol. The van der Waals surface area contributed by atoms with Gasteiger partial charge in [0.15, 0.2) is 11.5 Å². The zero-order chi connectivity index (χ0) is 17.8. The Labute approximate surface area is 147 Å². The number of hydrogen-bond acceptors (Lipinski definition) is 5. The van der Waals surface area contributed by atoms with Gasteiger partial charge in [-0.3, -0.25) is 4.90 Å². The van der Waals surface area contributed by atoms with E-state index in [1.807, 2.05) is 6.07 Å². The van der Waals surface area contributed by atoms with Gasteiger partial charge in [-0.05, 0) is 60.7 Å². The normalized spacial score (nSPS) is 17.3. The van der Waals surface area contributed by atoms with E-state index in [1.165, 1.54) is 17.7 Å². The van der Waals surface area contributed by atoms with Crippen LogP contribution < -0.4 is 5.73 Å². The van der Waals surface area contributed by atoms with Gasteiger partial charge in [-0.1, -0.05) is 30.3 Å². The van der Waals surface area contributed by atoms with Crippen LogP contribution >= 0.6 is 0 Å². The lowest BCUT2D eigenvalue weighted by Gasteiger charge is -2.35. The molecule has 0 aliphatic carbocycles. The van der Waals surface area contributed by atoms with Crippen molar-refractivity contribution < 1.29 is 15.0 Å². The molecule has 1 unspecified atom stereocenters. The number of aromatic hydroxyl groups is 2. The molecule has 0 radical (unpaired) electrons. The molecule has 1 aliphatic heterocycles. The van der Waals surface area contributed by atoms with Gasteiger partial charge in [0.25, 0.3) is 0 Å². The molecule has 25 heavy (non-hydrogen) atoms. The van der Waals surface area contributed by atoms with Crippen molar-refractivity contribution in [3.05, 3.63) is 59.2 Å². The number of likely N-dealkylation sites (tertiary alicyclic amines) is 1. The first-order valence-electron chi connectivity index (χ1n) is 8.62. The summed E-state index contributed by atoms with van der Waals surface area (Å²) in [6.07, 6.45) is 2.85. The van der Waals surface area contributed by atoms with Crippen molar-refractivity contribution >= 4 is 6.29 Å². The van der Waals surface area contributed by atoms with E-state index in [0.717, 1.165) is 37.8 Å². The Morgan fingerprint density at radius 3 is 2.52 bits per heavy atom. The molecule has 1 atom stereocenters. The summed E-state index contributed by atoms with van der Waals surface area (Å²) in [6.45, 7) is 2.16. The van der Waals surface area contributed by atoms with Gasteiger partial charge in [-0.2, -0.15) is 0 Å². The second kappa shape index (κ2) is 7.68. The molecule has 0 bridgehead atoms. The molecule has 2 aromatic rings. The maximum atomic E-state index is 11.6. The molecule has 1 saturated heterocycles. The van der Waals surface area contributed by atoms with E-state index >= 15 is 0 Å². The molecular weight excluding hydrogens is 316 g/mol. The summed E-state index contributed by atoms with van der Waals surface area (Å²) < 4.78 is 0. The molecule has 1 heterocycles. The number of piperidine rings is 1. The summed E-state index contributed by atoms with van der Waals surface area (Å²) in [7, 11) is 0.